The van der Waals surface area contributed by atoms with E-state index in [1.54, 1.807) is 6.92 Å². The molecule has 1 saturated carbocycles. The molecule has 0 aromatic rings. The molecule has 1 aliphatic carbocycles. The van der Waals surface area contributed by atoms with Crippen molar-refractivity contribution < 1.29 is 25.2 Å². The third-order valence-electron chi connectivity index (χ3n) is 3.07. The molecule has 0 bridgehead atoms. The molecule has 1 fully saturated rings. The molecule has 6 heteroatoms. The smallest absolute Gasteiger partial charge is 0.225 e. The van der Waals surface area contributed by atoms with Crippen LogP contribution in [0.4, 0.5) is 0 Å². The first-order chi connectivity index (χ1) is 7.52. The van der Waals surface area contributed by atoms with Crippen molar-refractivity contribution in [2.75, 3.05) is 13.2 Å². The Bertz CT molecular complexity index is 245. The molecule has 6 nitrogen and oxygen atoms in total. The molecule has 1 aliphatic rings. The lowest BCUT2D eigenvalue weighted by molar-refractivity contribution is -0.158. The maximum absolute atomic E-state index is 11.6. The minimum absolute atomic E-state index is 0.168. The molecule has 0 spiro atoms. The first kappa shape index (κ1) is 13.4. The number of aliphatic hydroxyl groups excluding tert-OH is 4. The van der Waals surface area contributed by atoms with Gasteiger partial charge in [-0.2, -0.15) is 0 Å². The van der Waals surface area contributed by atoms with Gasteiger partial charge < -0.3 is 25.7 Å². The summed E-state index contributed by atoms with van der Waals surface area (Å²) >= 11 is 0. The fourth-order valence-corrected chi connectivity index (χ4v) is 2.07. The predicted octanol–water partition coefficient (Wildman–Crippen LogP) is -2.17. The standard InChI is InChI=1S/C10H19NO5/c1-2-11-10(16)6-3-5(4-12)7(13)9(15)8(6)14/h5-9,12-15H,2-4H2,1H3,(H,11,16)/t5-,6+,7-,8-,9+/m1/s1. The highest BCUT2D eigenvalue weighted by molar-refractivity contribution is 5.79. The van der Waals surface area contributed by atoms with Gasteiger partial charge in [0.15, 0.2) is 0 Å². The highest BCUT2D eigenvalue weighted by Gasteiger charge is 2.44. The Morgan fingerprint density at radius 1 is 1.25 bits per heavy atom. The average molecular weight is 233 g/mol. The monoisotopic (exact) mass is 233 g/mol. The number of carbonyl (C=O) groups excluding carboxylic acids is 1. The Morgan fingerprint density at radius 3 is 2.38 bits per heavy atom. The first-order valence-electron chi connectivity index (χ1n) is 5.45. The Hall–Kier alpha value is -0.690. The molecule has 0 unspecified atom stereocenters. The fourth-order valence-electron chi connectivity index (χ4n) is 2.07. The maximum Gasteiger partial charge on any atom is 0.225 e. The van der Waals surface area contributed by atoms with Gasteiger partial charge in [0.2, 0.25) is 5.91 Å². The zero-order valence-electron chi connectivity index (χ0n) is 9.21. The van der Waals surface area contributed by atoms with Crippen LogP contribution in [-0.4, -0.2) is 57.8 Å². The van der Waals surface area contributed by atoms with E-state index < -0.39 is 30.1 Å². The van der Waals surface area contributed by atoms with Crippen molar-refractivity contribution >= 4 is 5.91 Å². The lowest BCUT2D eigenvalue weighted by Crippen LogP contribution is -2.55. The van der Waals surface area contributed by atoms with E-state index in [0.29, 0.717) is 6.54 Å². The van der Waals surface area contributed by atoms with Crippen LogP contribution in [0.15, 0.2) is 0 Å². The fraction of sp³-hybridized carbons (Fsp3) is 0.900. The molecular formula is C10H19NO5. The zero-order chi connectivity index (χ0) is 12.3. The van der Waals surface area contributed by atoms with Crippen LogP contribution < -0.4 is 5.32 Å². The summed E-state index contributed by atoms with van der Waals surface area (Å²) in [5.41, 5.74) is 0. The van der Waals surface area contributed by atoms with Crippen LogP contribution in [0, 0.1) is 11.8 Å². The highest BCUT2D eigenvalue weighted by atomic mass is 16.4. The third-order valence-corrected chi connectivity index (χ3v) is 3.07. The zero-order valence-corrected chi connectivity index (χ0v) is 9.21. The number of amides is 1. The summed E-state index contributed by atoms with van der Waals surface area (Å²) < 4.78 is 0. The normalized spacial score (nSPS) is 39.4. The van der Waals surface area contributed by atoms with E-state index in [0.717, 1.165) is 0 Å². The SMILES string of the molecule is CCNC(=O)[C@H]1C[C@H](CO)[C@@H](O)[C@H](O)[C@@H]1O. The van der Waals surface area contributed by atoms with Crippen molar-refractivity contribution in [1.82, 2.24) is 5.32 Å². The summed E-state index contributed by atoms with van der Waals surface area (Å²) in [5, 5.41) is 40.3. The van der Waals surface area contributed by atoms with Gasteiger partial charge in [0, 0.05) is 19.1 Å². The van der Waals surface area contributed by atoms with E-state index in [4.69, 9.17) is 5.11 Å². The van der Waals surface area contributed by atoms with Crippen LogP contribution in [-0.2, 0) is 4.79 Å². The van der Waals surface area contributed by atoms with Crippen molar-refractivity contribution in [3.8, 4) is 0 Å². The predicted molar refractivity (Wildman–Crippen MR) is 55.4 cm³/mol. The van der Waals surface area contributed by atoms with Gasteiger partial charge >= 0.3 is 0 Å². The summed E-state index contributed by atoms with van der Waals surface area (Å²) in [4.78, 5) is 11.6. The van der Waals surface area contributed by atoms with E-state index in [9.17, 15) is 20.1 Å². The number of aliphatic hydroxyl groups is 4. The second kappa shape index (κ2) is 5.58. The van der Waals surface area contributed by atoms with Gasteiger partial charge in [-0.1, -0.05) is 0 Å². The van der Waals surface area contributed by atoms with Crippen molar-refractivity contribution in [3.05, 3.63) is 0 Å². The molecule has 0 radical (unpaired) electrons. The van der Waals surface area contributed by atoms with Gasteiger partial charge in [-0.15, -0.1) is 0 Å². The lowest BCUT2D eigenvalue weighted by atomic mass is 9.75. The summed E-state index contributed by atoms with van der Waals surface area (Å²) in [6.07, 6.45) is -3.70. The van der Waals surface area contributed by atoms with Crippen LogP contribution in [0.3, 0.4) is 0 Å². The molecule has 1 rings (SSSR count). The van der Waals surface area contributed by atoms with Crippen molar-refractivity contribution in [1.29, 1.82) is 0 Å². The lowest BCUT2D eigenvalue weighted by Gasteiger charge is -2.39. The Morgan fingerprint density at radius 2 is 1.88 bits per heavy atom. The molecule has 0 heterocycles. The largest absolute Gasteiger partial charge is 0.396 e. The van der Waals surface area contributed by atoms with Crippen molar-refractivity contribution in [3.63, 3.8) is 0 Å². The molecule has 5 atom stereocenters. The molecule has 0 saturated heterocycles. The van der Waals surface area contributed by atoms with E-state index >= 15 is 0 Å². The quantitative estimate of drug-likeness (QED) is 0.381. The minimum atomic E-state index is -1.39. The molecule has 0 aromatic heterocycles. The summed E-state index contributed by atoms with van der Waals surface area (Å²) in [5.74, 6) is -1.72. The second-order valence-corrected chi connectivity index (χ2v) is 4.15. The van der Waals surface area contributed by atoms with E-state index in [1.807, 2.05) is 0 Å². The minimum Gasteiger partial charge on any atom is -0.396 e. The van der Waals surface area contributed by atoms with E-state index in [1.165, 1.54) is 0 Å². The number of rotatable bonds is 3. The van der Waals surface area contributed by atoms with Crippen molar-refractivity contribution in [2.24, 2.45) is 11.8 Å². The van der Waals surface area contributed by atoms with Gasteiger partial charge in [0.1, 0.15) is 6.10 Å². The van der Waals surface area contributed by atoms with Crippen LogP contribution in [0.2, 0.25) is 0 Å². The van der Waals surface area contributed by atoms with Gasteiger partial charge in [-0.3, -0.25) is 4.79 Å². The molecule has 1 amide bonds. The molecular weight excluding hydrogens is 214 g/mol. The topological polar surface area (TPSA) is 110 Å². The number of nitrogens with one attached hydrogen (secondary N) is 1. The second-order valence-electron chi connectivity index (χ2n) is 4.15. The van der Waals surface area contributed by atoms with Crippen LogP contribution >= 0.6 is 0 Å². The van der Waals surface area contributed by atoms with Crippen molar-refractivity contribution in [2.45, 2.75) is 31.7 Å². The number of hydrogen-bond donors (Lipinski definition) is 5. The van der Waals surface area contributed by atoms with Crippen LogP contribution in [0.1, 0.15) is 13.3 Å². The average Bonchev–Trinajstić information content (AvgIpc) is 2.27. The van der Waals surface area contributed by atoms with E-state index in [-0.39, 0.29) is 18.9 Å². The van der Waals surface area contributed by atoms with Crippen LogP contribution in [0.25, 0.3) is 0 Å². The first-order valence-corrected chi connectivity index (χ1v) is 5.45. The summed E-state index contributed by atoms with van der Waals surface area (Å²) in [6, 6.07) is 0. The van der Waals surface area contributed by atoms with Gasteiger partial charge in [-0.25, -0.2) is 0 Å². The summed E-state index contributed by atoms with van der Waals surface area (Å²) in [7, 11) is 0. The highest BCUT2D eigenvalue weighted by Crippen LogP contribution is 2.30. The van der Waals surface area contributed by atoms with Gasteiger partial charge in [0.05, 0.1) is 18.1 Å². The van der Waals surface area contributed by atoms with Gasteiger partial charge in [-0.05, 0) is 13.3 Å². The number of hydrogen-bond acceptors (Lipinski definition) is 5. The maximum atomic E-state index is 11.6. The van der Waals surface area contributed by atoms with Crippen LogP contribution in [0.5, 0.6) is 0 Å². The molecule has 0 aromatic carbocycles. The Labute approximate surface area is 93.9 Å². The third kappa shape index (κ3) is 2.52. The Kier molecular flexibility index (Phi) is 4.67. The van der Waals surface area contributed by atoms with E-state index in [2.05, 4.69) is 5.32 Å². The van der Waals surface area contributed by atoms with Gasteiger partial charge in [0.25, 0.3) is 0 Å². The number of carbonyl (C=O) groups is 1. The Balaban J connectivity index is 2.74. The molecule has 5 N–H and O–H groups in total. The molecule has 0 aliphatic heterocycles. The molecule has 94 valence electrons. The molecule has 16 heavy (non-hydrogen) atoms. The summed E-state index contributed by atoms with van der Waals surface area (Å²) in [6.45, 7) is 1.87.